The number of hydrogen-bond acceptors (Lipinski definition) is 2. The van der Waals surface area contributed by atoms with Crippen LogP contribution in [0.15, 0.2) is 42.5 Å². The number of nitrogens with one attached hydrogen (secondary N) is 1. The number of para-hydroxylation sites is 1. The fraction of sp³-hybridized carbons (Fsp3) is 0.0667. The number of amides is 2. The number of aryl methyl sites for hydroxylation is 1. The number of halogens is 1. The third-order valence-corrected chi connectivity index (χ3v) is 4.04. The standard InChI is InChI=1S/C15H13IN2O2/c1-9-6-7-10(8-12(9)16)15(20)18-13-5-3-2-4-11(13)14(17)19/h2-8H,1H3,(H2,17,19)(H,18,20). The minimum atomic E-state index is -0.570. The van der Waals surface area contributed by atoms with Gasteiger partial charge in [0.15, 0.2) is 0 Å². The number of hydrogen-bond donors (Lipinski definition) is 2. The van der Waals surface area contributed by atoms with Crippen LogP contribution in [0.1, 0.15) is 26.3 Å². The molecule has 2 aromatic rings. The van der Waals surface area contributed by atoms with E-state index in [0.717, 1.165) is 9.13 Å². The second-order valence-electron chi connectivity index (χ2n) is 4.33. The van der Waals surface area contributed by atoms with Gasteiger partial charge in [-0.15, -0.1) is 0 Å². The van der Waals surface area contributed by atoms with Crippen molar-refractivity contribution < 1.29 is 9.59 Å². The van der Waals surface area contributed by atoms with Crippen molar-refractivity contribution in [1.82, 2.24) is 0 Å². The van der Waals surface area contributed by atoms with Crippen molar-refractivity contribution in [2.75, 3.05) is 5.32 Å². The van der Waals surface area contributed by atoms with Crippen LogP contribution in [0.3, 0.4) is 0 Å². The van der Waals surface area contributed by atoms with E-state index in [9.17, 15) is 9.59 Å². The van der Waals surface area contributed by atoms with Gasteiger partial charge in [0.25, 0.3) is 11.8 Å². The van der Waals surface area contributed by atoms with Crippen LogP contribution in [-0.2, 0) is 0 Å². The first-order chi connectivity index (χ1) is 9.49. The Morgan fingerprint density at radius 1 is 1.15 bits per heavy atom. The van der Waals surface area contributed by atoms with Crippen LogP contribution in [0.5, 0.6) is 0 Å². The van der Waals surface area contributed by atoms with Gasteiger partial charge in [0, 0.05) is 9.13 Å². The van der Waals surface area contributed by atoms with Crippen molar-refractivity contribution in [3.05, 3.63) is 62.7 Å². The average molecular weight is 380 g/mol. The third-order valence-electron chi connectivity index (χ3n) is 2.87. The van der Waals surface area contributed by atoms with E-state index < -0.39 is 5.91 Å². The minimum absolute atomic E-state index is 0.267. The van der Waals surface area contributed by atoms with E-state index in [1.54, 1.807) is 36.4 Å². The molecule has 0 aliphatic rings. The summed E-state index contributed by atoms with van der Waals surface area (Å²) in [7, 11) is 0. The molecule has 2 amide bonds. The lowest BCUT2D eigenvalue weighted by Crippen LogP contribution is -2.18. The van der Waals surface area contributed by atoms with E-state index in [2.05, 4.69) is 27.9 Å². The van der Waals surface area contributed by atoms with Gasteiger partial charge in [0.1, 0.15) is 0 Å². The predicted octanol–water partition coefficient (Wildman–Crippen LogP) is 2.95. The van der Waals surface area contributed by atoms with Gasteiger partial charge in [0.05, 0.1) is 11.3 Å². The number of anilines is 1. The van der Waals surface area contributed by atoms with Crippen LogP contribution in [0, 0.1) is 10.5 Å². The zero-order valence-electron chi connectivity index (χ0n) is 10.8. The molecule has 5 heteroatoms. The van der Waals surface area contributed by atoms with E-state index >= 15 is 0 Å². The zero-order chi connectivity index (χ0) is 14.7. The number of rotatable bonds is 3. The van der Waals surface area contributed by atoms with E-state index in [1.165, 1.54) is 0 Å². The molecule has 0 saturated carbocycles. The Hall–Kier alpha value is -1.89. The quantitative estimate of drug-likeness (QED) is 0.804. The molecule has 4 nitrogen and oxygen atoms in total. The maximum absolute atomic E-state index is 12.2. The lowest BCUT2D eigenvalue weighted by atomic mass is 10.1. The zero-order valence-corrected chi connectivity index (χ0v) is 13.0. The first-order valence-electron chi connectivity index (χ1n) is 5.95. The number of carbonyl (C=O) groups excluding carboxylic acids is 2. The highest BCUT2D eigenvalue weighted by Crippen LogP contribution is 2.18. The van der Waals surface area contributed by atoms with Gasteiger partial charge >= 0.3 is 0 Å². The first-order valence-corrected chi connectivity index (χ1v) is 7.03. The molecule has 0 saturated heterocycles. The highest BCUT2D eigenvalue weighted by Gasteiger charge is 2.12. The lowest BCUT2D eigenvalue weighted by Gasteiger charge is -2.09. The van der Waals surface area contributed by atoms with Crippen LogP contribution in [-0.4, -0.2) is 11.8 Å². The molecule has 2 rings (SSSR count). The Bertz CT molecular complexity index is 683. The van der Waals surface area contributed by atoms with Crippen molar-refractivity contribution in [2.24, 2.45) is 5.73 Å². The average Bonchev–Trinajstić information content (AvgIpc) is 2.42. The molecular weight excluding hydrogens is 367 g/mol. The van der Waals surface area contributed by atoms with E-state index in [1.807, 2.05) is 13.0 Å². The van der Waals surface area contributed by atoms with Gasteiger partial charge in [-0.3, -0.25) is 9.59 Å². The molecule has 0 aromatic heterocycles. The Balaban J connectivity index is 2.28. The molecule has 0 aliphatic carbocycles. The molecule has 0 fully saturated rings. The Morgan fingerprint density at radius 3 is 2.50 bits per heavy atom. The van der Waals surface area contributed by atoms with Crippen LogP contribution < -0.4 is 11.1 Å². The smallest absolute Gasteiger partial charge is 0.255 e. The number of benzene rings is 2. The summed E-state index contributed by atoms with van der Waals surface area (Å²) >= 11 is 2.18. The van der Waals surface area contributed by atoms with Crippen molar-refractivity contribution in [3.63, 3.8) is 0 Å². The molecule has 0 radical (unpaired) electrons. The third kappa shape index (κ3) is 3.16. The molecule has 2 aromatic carbocycles. The second kappa shape index (κ2) is 6.04. The number of carbonyl (C=O) groups is 2. The summed E-state index contributed by atoms with van der Waals surface area (Å²) in [5.41, 5.74) is 7.64. The Labute approximate surface area is 130 Å². The lowest BCUT2D eigenvalue weighted by molar-refractivity contribution is 0.100. The van der Waals surface area contributed by atoms with E-state index in [4.69, 9.17) is 5.73 Å². The minimum Gasteiger partial charge on any atom is -0.366 e. The highest BCUT2D eigenvalue weighted by atomic mass is 127. The van der Waals surface area contributed by atoms with E-state index in [-0.39, 0.29) is 5.91 Å². The molecular formula is C15H13IN2O2. The molecule has 102 valence electrons. The summed E-state index contributed by atoms with van der Waals surface area (Å²) in [5.74, 6) is -0.837. The molecule has 20 heavy (non-hydrogen) atoms. The molecule has 0 heterocycles. The van der Waals surface area contributed by atoms with Crippen LogP contribution in [0.2, 0.25) is 0 Å². The predicted molar refractivity (Wildman–Crippen MR) is 86.8 cm³/mol. The van der Waals surface area contributed by atoms with Crippen LogP contribution in [0.4, 0.5) is 5.69 Å². The van der Waals surface area contributed by atoms with Crippen molar-refractivity contribution >= 4 is 40.1 Å². The first kappa shape index (κ1) is 14.5. The van der Waals surface area contributed by atoms with Crippen molar-refractivity contribution in [1.29, 1.82) is 0 Å². The van der Waals surface area contributed by atoms with Gasteiger partial charge < -0.3 is 11.1 Å². The fourth-order valence-electron chi connectivity index (χ4n) is 1.74. The second-order valence-corrected chi connectivity index (χ2v) is 5.49. The van der Waals surface area contributed by atoms with Gasteiger partial charge in [-0.05, 0) is 59.3 Å². The summed E-state index contributed by atoms with van der Waals surface area (Å²) in [6.45, 7) is 1.98. The summed E-state index contributed by atoms with van der Waals surface area (Å²) < 4.78 is 1.01. The van der Waals surface area contributed by atoms with Crippen LogP contribution >= 0.6 is 22.6 Å². The summed E-state index contributed by atoms with van der Waals surface area (Å²) in [5, 5.41) is 2.71. The SMILES string of the molecule is Cc1ccc(C(=O)Nc2ccccc2C(N)=O)cc1I. The molecule has 0 unspecified atom stereocenters. The topological polar surface area (TPSA) is 72.2 Å². The summed E-state index contributed by atoms with van der Waals surface area (Å²) in [6, 6.07) is 12.1. The molecule has 0 spiro atoms. The van der Waals surface area contributed by atoms with Gasteiger partial charge in [-0.1, -0.05) is 18.2 Å². The van der Waals surface area contributed by atoms with Crippen molar-refractivity contribution in [3.8, 4) is 0 Å². The van der Waals surface area contributed by atoms with Crippen molar-refractivity contribution in [2.45, 2.75) is 6.92 Å². The fourth-order valence-corrected chi connectivity index (χ4v) is 2.25. The summed E-state index contributed by atoms with van der Waals surface area (Å²) in [6.07, 6.45) is 0. The largest absolute Gasteiger partial charge is 0.366 e. The molecule has 0 bridgehead atoms. The maximum Gasteiger partial charge on any atom is 0.255 e. The highest BCUT2D eigenvalue weighted by molar-refractivity contribution is 14.1. The summed E-state index contributed by atoms with van der Waals surface area (Å²) in [4.78, 5) is 23.5. The van der Waals surface area contributed by atoms with Gasteiger partial charge in [0.2, 0.25) is 0 Å². The Morgan fingerprint density at radius 2 is 1.85 bits per heavy atom. The normalized spacial score (nSPS) is 10.1. The van der Waals surface area contributed by atoms with Gasteiger partial charge in [-0.2, -0.15) is 0 Å². The molecule has 0 aliphatic heterocycles. The number of nitrogens with two attached hydrogens (primary N) is 1. The van der Waals surface area contributed by atoms with Gasteiger partial charge in [-0.25, -0.2) is 0 Å². The monoisotopic (exact) mass is 380 g/mol. The number of primary amides is 1. The van der Waals surface area contributed by atoms with Crippen LogP contribution in [0.25, 0.3) is 0 Å². The molecule has 0 atom stereocenters. The molecule has 3 N–H and O–H groups in total. The van der Waals surface area contributed by atoms with E-state index in [0.29, 0.717) is 16.8 Å². The Kier molecular flexibility index (Phi) is 4.39. The maximum atomic E-state index is 12.2.